The van der Waals surface area contributed by atoms with Crippen LogP contribution in [-0.2, 0) is 32.7 Å². The van der Waals surface area contributed by atoms with Crippen LogP contribution in [0.15, 0.2) is 24.3 Å². The van der Waals surface area contributed by atoms with Crippen molar-refractivity contribution in [1.29, 1.82) is 0 Å². The van der Waals surface area contributed by atoms with Crippen molar-refractivity contribution in [3.8, 4) is 0 Å². The number of hydrogen-bond donors (Lipinski definition) is 4. The van der Waals surface area contributed by atoms with Gasteiger partial charge in [-0.15, -0.1) is 0 Å². The highest BCUT2D eigenvalue weighted by atomic mass is 31.2. The van der Waals surface area contributed by atoms with Gasteiger partial charge in [0.2, 0.25) is 5.91 Å². The topological polar surface area (TPSA) is 169 Å². The third kappa shape index (κ3) is 33.1. The second kappa shape index (κ2) is 34.1. The molecule has 3 atom stereocenters. The van der Waals surface area contributed by atoms with E-state index < -0.39 is 57.6 Å². The van der Waals surface area contributed by atoms with Crippen molar-refractivity contribution in [1.82, 2.24) is 5.32 Å². The van der Waals surface area contributed by atoms with Crippen LogP contribution in [0.4, 0.5) is 0 Å². The van der Waals surface area contributed by atoms with Gasteiger partial charge in [0, 0.05) is 12.8 Å². The molecule has 0 aromatic carbocycles. The minimum absolute atomic E-state index is 0.148. The molecule has 0 bridgehead atoms. The molecule has 0 rings (SSSR count). The van der Waals surface area contributed by atoms with E-state index in [0.717, 1.165) is 64.2 Å². The highest BCUT2D eigenvalue weighted by molar-refractivity contribution is 7.47. The summed E-state index contributed by atoms with van der Waals surface area (Å²) in [6, 6.07) is -1.54. The van der Waals surface area contributed by atoms with Gasteiger partial charge in [-0.25, -0.2) is 9.36 Å². The number of carboxylic acids is 1. The van der Waals surface area contributed by atoms with Gasteiger partial charge in [-0.1, -0.05) is 141 Å². The number of carbonyl (C=O) groups is 3. The first-order valence-corrected chi connectivity index (χ1v) is 20.9. The Morgan fingerprint density at radius 2 is 1.12 bits per heavy atom. The standard InChI is InChI=1S/C38H70NO10P/c1-3-5-7-9-11-13-15-17-18-20-22-24-26-28-30-37(42)47-31-34(40)32-48-50(45,46)49-33-35(38(43)44)39-36(41)29-27-25-23-21-19-16-14-12-10-8-6-4-2/h9,11,15,17,34-35,40H,3-8,10,12-14,16,18-33H2,1-2H3,(H,39,41)(H,43,44)(H,45,46)/b11-9-,17-15-. The number of carbonyl (C=O) groups excluding carboxylic acids is 2. The average Bonchev–Trinajstić information content (AvgIpc) is 3.08. The monoisotopic (exact) mass is 731 g/mol. The lowest BCUT2D eigenvalue weighted by atomic mass is 10.0. The lowest BCUT2D eigenvalue weighted by molar-refractivity contribution is -0.147. The van der Waals surface area contributed by atoms with E-state index in [1.54, 1.807) is 0 Å². The molecule has 3 unspecified atom stereocenters. The third-order valence-electron chi connectivity index (χ3n) is 8.24. The van der Waals surface area contributed by atoms with Gasteiger partial charge in [-0.3, -0.25) is 18.6 Å². The number of allylic oxidation sites excluding steroid dienone is 4. The molecule has 12 heteroatoms. The number of esters is 1. The van der Waals surface area contributed by atoms with Gasteiger partial charge in [-0.05, 0) is 38.5 Å². The summed E-state index contributed by atoms with van der Waals surface area (Å²) in [5, 5.41) is 21.7. The Labute approximate surface area is 302 Å². The number of rotatable bonds is 36. The molecule has 0 saturated carbocycles. The highest BCUT2D eigenvalue weighted by Crippen LogP contribution is 2.43. The predicted molar refractivity (Wildman–Crippen MR) is 199 cm³/mol. The average molecular weight is 732 g/mol. The van der Waals surface area contributed by atoms with E-state index in [-0.39, 0.29) is 12.8 Å². The summed E-state index contributed by atoms with van der Waals surface area (Å²) in [4.78, 5) is 45.7. The maximum Gasteiger partial charge on any atom is 0.472 e. The molecule has 0 spiro atoms. The predicted octanol–water partition coefficient (Wildman–Crippen LogP) is 9.11. The molecule has 0 radical (unpaired) electrons. The van der Waals surface area contributed by atoms with Crippen LogP contribution in [0.25, 0.3) is 0 Å². The number of carboxylic acid groups (broad SMARTS) is 1. The Morgan fingerprint density at radius 1 is 0.640 bits per heavy atom. The van der Waals surface area contributed by atoms with Crippen molar-refractivity contribution in [3.63, 3.8) is 0 Å². The Balaban J connectivity index is 3.97. The number of aliphatic carboxylic acids is 1. The first-order chi connectivity index (χ1) is 24.1. The zero-order valence-corrected chi connectivity index (χ0v) is 32.1. The van der Waals surface area contributed by atoms with Crippen molar-refractivity contribution in [2.75, 3.05) is 19.8 Å². The number of amides is 1. The Hall–Kier alpha value is -2.04. The van der Waals surface area contributed by atoms with Crippen LogP contribution in [0, 0.1) is 0 Å². The molecular formula is C38H70NO10P. The van der Waals surface area contributed by atoms with Crippen LogP contribution in [0.3, 0.4) is 0 Å². The van der Waals surface area contributed by atoms with Crippen LogP contribution < -0.4 is 5.32 Å². The van der Waals surface area contributed by atoms with E-state index in [4.69, 9.17) is 13.8 Å². The maximum atomic E-state index is 12.2. The van der Waals surface area contributed by atoms with Crippen molar-refractivity contribution < 1.29 is 47.8 Å². The van der Waals surface area contributed by atoms with Gasteiger partial charge < -0.3 is 25.2 Å². The van der Waals surface area contributed by atoms with E-state index in [1.165, 1.54) is 64.2 Å². The summed E-state index contributed by atoms with van der Waals surface area (Å²) in [7, 11) is -4.75. The second-order valence-electron chi connectivity index (χ2n) is 13.1. The van der Waals surface area contributed by atoms with Crippen molar-refractivity contribution in [2.45, 2.75) is 180 Å². The van der Waals surface area contributed by atoms with Gasteiger partial charge in [0.15, 0.2) is 6.04 Å². The fraction of sp³-hybridized carbons (Fsp3) is 0.816. The fourth-order valence-corrected chi connectivity index (χ4v) is 5.93. The van der Waals surface area contributed by atoms with Crippen molar-refractivity contribution >= 4 is 25.7 Å². The highest BCUT2D eigenvalue weighted by Gasteiger charge is 2.28. The number of unbranched alkanes of at least 4 members (excludes halogenated alkanes) is 18. The first kappa shape index (κ1) is 48.0. The van der Waals surface area contributed by atoms with Crippen LogP contribution in [0.1, 0.15) is 168 Å². The zero-order chi connectivity index (χ0) is 37.1. The molecular weight excluding hydrogens is 661 g/mol. The largest absolute Gasteiger partial charge is 0.480 e. The maximum absolute atomic E-state index is 12.2. The minimum atomic E-state index is -4.75. The number of phosphoric ester groups is 1. The molecule has 0 fully saturated rings. The van der Waals surface area contributed by atoms with E-state index in [0.29, 0.717) is 12.8 Å². The van der Waals surface area contributed by atoms with E-state index in [1.807, 2.05) is 0 Å². The molecule has 0 saturated heterocycles. The smallest absolute Gasteiger partial charge is 0.472 e. The summed E-state index contributed by atoms with van der Waals surface area (Å²) in [6.07, 6.45) is 32.0. The molecule has 1 amide bonds. The number of nitrogens with one attached hydrogen (secondary N) is 1. The second-order valence-corrected chi connectivity index (χ2v) is 14.6. The van der Waals surface area contributed by atoms with Gasteiger partial charge in [0.1, 0.15) is 12.7 Å². The van der Waals surface area contributed by atoms with Gasteiger partial charge in [-0.2, -0.15) is 0 Å². The minimum Gasteiger partial charge on any atom is -0.480 e. The normalized spacial score (nSPS) is 14.2. The zero-order valence-electron chi connectivity index (χ0n) is 31.2. The number of aliphatic hydroxyl groups excluding tert-OH is 1. The summed E-state index contributed by atoms with van der Waals surface area (Å²) in [5.74, 6) is -2.39. The molecule has 11 nitrogen and oxygen atoms in total. The van der Waals surface area contributed by atoms with Crippen LogP contribution in [-0.4, -0.2) is 64.9 Å². The summed E-state index contributed by atoms with van der Waals surface area (Å²) in [5.41, 5.74) is 0. The van der Waals surface area contributed by atoms with Crippen LogP contribution >= 0.6 is 7.82 Å². The molecule has 292 valence electrons. The molecule has 0 aromatic rings. The number of aliphatic hydroxyl groups is 1. The number of phosphoric acid groups is 1. The Morgan fingerprint density at radius 3 is 1.68 bits per heavy atom. The summed E-state index contributed by atoms with van der Waals surface area (Å²) < 4.78 is 26.7. The molecule has 0 aliphatic carbocycles. The summed E-state index contributed by atoms with van der Waals surface area (Å²) >= 11 is 0. The van der Waals surface area contributed by atoms with Crippen molar-refractivity contribution in [3.05, 3.63) is 24.3 Å². The van der Waals surface area contributed by atoms with Crippen LogP contribution in [0.5, 0.6) is 0 Å². The van der Waals surface area contributed by atoms with Gasteiger partial charge >= 0.3 is 19.8 Å². The fourth-order valence-electron chi connectivity index (χ4n) is 5.15. The summed E-state index contributed by atoms with van der Waals surface area (Å²) in [6.45, 7) is 2.51. The molecule has 4 N–H and O–H groups in total. The number of hydrogen-bond acceptors (Lipinski definition) is 8. The van der Waals surface area contributed by atoms with E-state index >= 15 is 0 Å². The molecule has 0 aliphatic rings. The van der Waals surface area contributed by atoms with Crippen LogP contribution in [0.2, 0.25) is 0 Å². The quantitative estimate of drug-likeness (QED) is 0.0211. The molecule has 50 heavy (non-hydrogen) atoms. The Bertz CT molecular complexity index is 958. The third-order valence-corrected chi connectivity index (χ3v) is 9.19. The number of ether oxygens (including phenoxy) is 1. The SMILES string of the molecule is CCCC/C=C\C/C=C\CCCCCCCC(=O)OCC(O)COP(=O)(O)OCC(NC(=O)CCCCCCCCCCCCCC)C(=O)O. The Kier molecular flexibility index (Phi) is 32.7. The van der Waals surface area contributed by atoms with Crippen molar-refractivity contribution in [2.24, 2.45) is 0 Å². The molecule has 0 heterocycles. The van der Waals surface area contributed by atoms with Gasteiger partial charge in [0.25, 0.3) is 0 Å². The molecule has 0 aromatic heterocycles. The molecule has 0 aliphatic heterocycles. The van der Waals surface area contributed by atoms with Gasteiger partial charge in [0.05, 0.1) is 13.2 Å². The van der Waals surface area contributed by atoms with E-state index in [9.17, 15) is 34.1 Å². The lowest BCUT2D eigenvalue weighted by Crippen LogP contribution is -2.43. The lowest BCUT2D eigenvalue weighted by Gasteiger charge is -2.18. The van der Waals surface area contributed by atoms with E-state index in [2.05, 4.69) is 43.5 Å². The first-order valence-electron chi connectivity index (χ1n) is 19.4.